The Morgan fingerprint density at radius 1 is 1.56 bits per heavy atom. The zero-order chi connectivity index (χ0) is 13.3. The molecular formula is C12H15N3O3. The second kappa shape index (κ2) is 4.75. The van der Waals surface area contributed by atoms with Gasteiger partial charge in [0.15, 0.2) is 11.5 Å². The maximum absolute atomic E-state index is 11.0. The van der Waals surface area contributed by atoms with Crippen LogP contribution in [0.15, 0.2) is 22.6 Å². The Bertz CT molecular complexity index is 579. The summed E-state index contributed by atoms with van der Waals surface area (Å²) >= 11 is 0. The number of likely N-dealkylation sites (N-methyl/N-ethyl adjacent to an activating group) is 1. The molecule has 6 heteroatoms. The first-order valence-electron chi connectivity index (χ1n) is 5.55. The van der Waals surface area contributed by atoms with Crippen molar-refractivity contribution in [1.82, 2.24) is 10.3 Å². The summed E-state index contributed by atoms with van der Waals surface area (Å²) < 4.78 is 5.35. The molecule has 6 nitrogen and oxygen atoms in total. The zero-order valence-electron chi connectivity index (χ0n) is 10.2. The molecule has 0 aliphatic heterocycles. The second-order valence-electron chi connectivity index (χ2n) is 4.09. The minimum Gasteiger partial charge on any atom is -0.480 e. The molecule has 0 bridgehead atoms. The molecule has 0 radical (unpaired) electrons. The summed E-state index contributed by atoms with van der Waals surface area (Å²) in [5.74, 6) is -0.416. The fourth-order valence-electron chi connectivity index (χ4n) is 1.92. The average molecular weight is 249 g/mol. The molecule has 4 N–H and O–H groups in total. The molecule has 0 aliphatic rings. The van der Waals surface area contributed by atoms with Gasteiger partial charge in [-0.25, -0.2) is 4.98 Å². The molecular weight excluding hydrogens is 234 g/mol. The summed E-state index contributed by atoms with van der Waals surface area (Å²) in [6.07, 6.45) is 0. The molecule has 96 valence electrons. The average Bonchev–Trinajstić information content (AvgIpc) is 2.68. The highest BCUT2D eigenvalue weighted by molar-refractivity contribution is 5.77. The number of carboxylic acids is 1. The maximum atomic E-state index is 11.0. The number of fused-ring (bicyclic) bond motifs is 1. The van der Waals surface area contributed by atoms with Crippen molar-refractivity contribution in [3.05, 3.63) is 29.7 Å². The van der Waals surface area contributed by atoms with E-state index in [1.165, 1.54) is 0 Å². The highest BCUT2D eigenvalue weighted by Gasteiger charge is 2.25. The van der Waals surface area contributed by atoms with Crippen molar-refractivity contribution in [1.29, 1.82) is 0 Å². The second-order valence-corrected chi connectivity index (χ2v) is 4.09. The maximum Gasteiger partial charge on any atom is 0.322 e. The van der Waals surface area contributed by atoms with E-state index in [0.29, 0.717) is 22.6 Å². The molecule has 0 saturated carbocycles. The number of hydrogen-bond acceptors (Lipinski definition) is 5. The van der Waals surface area contributed by atoms with Crippen LogP contribution in [0.4, 0.5) is 0 Å². The van der Waals surface area contributed by atoms with E-state index in [4.69, 9.17) is 15.3 Å². The van der Waals surface area contributed by atoms with Crippen LogP contribution in [0.3, 0.4) is 0 Å². The summed E-state index contributed by atoms with van der Waals surface area (Å²) in [4.78, 5) is 15.2. The van der Waals surface area contributed by atoms with Crippen molar-refractivity contribution in [3.63, 3.8) is 0 Å². The van der Waals surface area contributed by atoms with Gasteiger partial charge >= 0.3 is 5.97 Å². The molecule has 0 spiro atoms. The minimum atomic E-state index is -0.985. The number of aliphatic carboxylic acids is 1. The first-order chi connectivity index (χ1) is 8.52. The van der Waals surface area contributed by atoms with Gasteiger partial charge < -0.3 is 20.6 Å². The molecule has 0 saturated heterocycles. The number of benzene rings is 1. The Labute approximate surface area is 104 Å². The van der Waals surface area contributed by atoms with Crippen molar-refractivity contribution < 1.29 is 14.3 Å². The monoisotopic (exact) mass is 249 g/mol. The van der Waals surface area contributed by atoms with Gasteiger partial charge in [-0.05, 0) is 24.7 Å². The first kappa shape index (κ1) is 12.5. The van der Waals surface area contributed by atoms with E-state index in [9.17, 15) is 4.79 Å². The van der Waals surface area contributed by atoms with Gasteiger partial charge in [-0.15, -0.1) is 0 Å². The summed E-state index contributed by atoms with van der Waals surface area (Å²) in [7, 11) is 1.57. The summed E-state index contributed by atoms with van der Waals surface area (Å²) in [6, 6.07) is 3.78. The van der Waals surface area contributed by atoms with Crippen molar-refractivity contribution >= 4 is 17.1 Å². The molecule has 1 aromatic heterocycles. The number of carbonyl (C=O) groups is 1. The fourth-order valence-corrected chi connectivity index (χ4v) is 1.92. The number of nitrogens with zero attached hydrogens (tertiary/aromatic N) is 1. The first-order valence-corrected chi connectivity index (χ1v) is 5.55. The van der Waals surface area contributed by atoms with Crippen LogP contribution in [0.25, 0.3) is 11.1 Å². The third-order valence-corrected chi connectivity index (χ3v) is 2.84. The predicted octanol–water partition coefficient (Wildman–Crippen LogP) is 0.809. The lowest BCUT2D eigenvalue weighted by molar-refractivity contribution is -0.139. The number of aromatic nitrogens is 1. The van der Waals surface area contributed by atoms with E-state index in [-0.39, 0.29) is 0 Å². The molecule has 2 aromatic rings. The minimum absolute atomic E-state index is 0.569. The molecule has 2 atom stereocenters. The van der Waals surface area contributed by atoms with Crippen molar-refractivity contribution in [2.24, 2.45) is 5.73 Å². The van der Waals surface area contributed by atoms with Crippen LogP contribution in [0.1, 0.15) is 17.5 Å². The Balaban J connectivity index is 2.37. The molecule has 0 fully saturated rings. The van der Waals surface area contributed by atoms with Gasteiger partial charge in [0.25, 0.3) is 0 Å². The lowest BCUT2D eigenvalue weighted by atomic mass is 10.00. The molecule has 18 heavy (non-hydrogen) atoms. The molecule has 2 rings (SSSR count). The summed E-state index contributed by atoms with van der Waals surface area (Å²) in [6.45, 7) is 1.76. The number of rotatable bonds is 4. The zero-order valence-corrected chi connectivity index (χ0v) is 10.2. The van der Waals surface area contributed by atoms with E-state index in [1.54, 1.807) is 32.2 Å². The van der Waals surface area contributed by atoms with Gasteiger partial charge in [-0.1, -0.05) is 6.07 Å². The van der Waals surface area contributed by atoms with Gasteiger partial charge in [0, 0.05) is 6.92 Å². The van der Waals surface area contributed by atoms with Crippen LogP contribution in [0.2, 0.25) is 0 Å². The van der Waals surface area contributed by atoms with Crippen LogP contribution in [-0.4, -0.2) is 29.1 Å². The quantitative estimate of drug-likeness (QED) is 0.741. The summed E-state index contributed by atoms with van der Waals surface area (Å²) in [5, 5.41) is 11.7. The Morgan fingerprint density at radius 2 is 2.28 bits per heavy atom. The number of nitrogens with one attached hydrogen (secondary N) is 1. The third kappa shape index (κ3) is 2.20. The molecule has 0 aliphatic carbocycles. The van der Waals surface area contributed by atoms with Crippen LogP contribution >= 0.6 is 0 Å². The van der Waals surface area contributed by atoms with Crippen LogP contribution < -0.4 is 11.1 Å². The Hall–Kier alpha value is -1.92. The van der Waals surface area contributed by atoms with Crippen LogP contribution in [0.5, 0.6) is 0 Å². The summed E-state index contributed by atoms with van der Waals surface area (Å²) in [5.41, 5.74) is 8.00. The van der Waals surface area contributed by atoms with Gasteiger partial charge in [-0.2, -0.15) is 0 Å². The lowest BCUT2D eigenvalue weighted by Gasteiger charge is -2.19. The normalized spacial score (nSPS) is 14.6. The Kier molecular flexibility index (Phi) is 3.31. The molecule has 2 unspecified atom stereocenters. The number of carboxylic acid groups (broad SMARTS) is 1. The number of nitrogens with two attached hydrogens (primary N) is 1. The third-order valence-electron chi connectivity index (χ3n) is 2.84. The van der Waals surface area contributed by atoms with E-state index in [1.807, 2.05) is 0 Å². The van der Waals surface area contributed by atoms with Crippen LogP contribution in [-0.2, 0) is 4.79 Å². The van der Waals surface area contributed by atoms with Crippen molar-refractivity contribution in [3.8, 4) is 0 Å². The van der Waals surface area contributed by atoms with E-state index in [2.05, 4.69) is 10.3 Å². The van der Waals surface area contributed by atoms with Gasteiger partial charge in [0.1, 0.15) is 11.6 Å². The SMILES string of the molecule is CNC(C(=O)O)C(N)c1ccc2oc(C)nc2c1. The topological polar surface area (TPSA) is 101 Å². The Morgan fingerprint density at radius 3 is 2.89 bits per heavy atom. The van der Waals surface area contributed by atoms with Gasteiger partial charge in [-0.3, -0.25) is 4.79 Å². The number of hydrogen-bond donors (Lipinski definition) is 3. The van der Waals surface area contributed by atoms with Crippen molar-refractivity contribution in [2.45, 2.75) is 19.0 Å². The van der Waals surface area contributed by atoms with E-state index < -0.39 is 18.1 Å². The van der Waals surface area contributed by atoms with Crippen molar-refractivity contribution in [2.75, 3.05) is 7.05 Å². The molecule has 1 heterocycles. The fraction of sp³-hybridized carbons (Fsp3) is 0.333. The smallest absolute Gasteiger partial charge is 0.322 e. The van der Waals surface area contributed by atoms with Gasteiger partial charge in [0.2, 0.25) is 0 Å². The number of aryl methyl sites for hydroxylation is 1. The lowest BCUT2D eigenvalue weighted by Crippen LogP contribution is -2.43. The van der Waals surface area contributed by atoms with Crippen LogP contribution in [0, 0.1) is 6.92 Å². The van der Waals surface area contributed by atoms with E-state index in [0.717, 1.165) is 0 Å². The largest absolute Gasteiger partial charge is 0.480 e. The number of oxazole rings is 1. The standard InChI is InChI=1S/C12H15N3O3/c1-6-15-8-5-7(3-4-9(8)18-6)10(13)11(14-2)12(16)17/h3-5,10-11,14H,13H2,1-2H3,(H,16,17). The molecule has 1 aromatic carbocycles. The van der Waals surface area contributed by atoms with E-state index >= 15 is 0 Å². The molecule has 0 amide bonds. The van der Waals surface area contributed by atoms with Gasteiger partial charge in [0.05, 0.1) is 6.04 Å². The highest BCUT2D eigenvalue weighted by atomic mass is 16.4. The highest BCUT2D eigenvalue weighted by Crippen LogP contribution is 2.21. The predicted molar refractivity (Wildman–Crippen MR) is 66.2 cm³/mol.